The molecule has 5 aromatic rings. The third-order valence-electron chi connectivity index (χ3n) is 10.9. The molecule has 4 aromatic carbocycles. The molecule has 1 saturated carbocycles. The maximum absolute atomic E-state index is 5.04. The molecule has 0 amide bonds. The highest BCUT2D eigenvalue weighted by atomic mass is 15.3. The fourth-order valence-corrected chi connectivity index (χ4v) is 8.41. The van der Waals surface area contributed by atoms with E-state index in [4.69, 9.17) is 4.98 Å². The van der Waals surface area contributed by atoms with Gasteiger partial charge in [0.1, 0.15) is 5.82 Å². The predicted molar refractivity (Wildman–Crippen MR) is 168 cm³/mol. The van der Waals surface area contributed by atoms with Gasteiger partial charge in [-0.05, 0) is 88.4 Å². The van der Waals surface area contributed by atoms with Crippen LogP contribution in [0.25, 0.3) is 33.0 Å². The zero-order chi connectivity index (χ0) is 27.3. The molecule has 0 saturated heterocycles. The first-order chi connectivity index (χ1) is 19.3. The Bertz CT molecular complexity index is 1830. The van der Waals surface area contributed by atoms with Gasteiger partial charge in [-0.3, -0.25) is 0 Å². The van der Waals surface area contributed by atoms with E-state index in [9.17, 15) is 0 Å². The molecule has 0 spiro atoms. The van der Waals surface area contributed by atoms with Gasteiger partial charge in [-0.2, -0.15) is 0 Å². The molecule has 8 rings (SSSR count). The largest absolute Gasteiger partial charge is 0.319 e. The van der Waals surface area contributed by atoms with Crippen molar-refractivity contribution in [3.05, 3.63) is 114 Å². The molecule has 2 heterocycles. The van der Waals surface area contributed by atoms with Gasteiger partial charge in [-0.15, -0.1) is 0 Å². The summed E-state index contributed by atoms with van der Waals surface area (Å²) in [4.78, 5) is 7.64. The van der Waals surface area contributed by atoms with Crippen LogP contribution in [0.1, 0.15) is 70.1 Å². The topological polar surface area (TPSA) is 16.1 Å². The van der Waals surface area contributed by atoms with Crippen LogP contribution in [0, 0.1) is 0 Å². The lowest BCUT2D eigenvalue weighted by Gasteiger charge is -2.50. The molecule has 3 aliphatic rings. The second kappa shape index (κ2) is 8.07. The van der Waals surface area contributed by atoms with E-state index in [0.717, 1.165) is 5.82 Å². The Morgan fingerprint density at radius 2 is 1.35 bits per heavy atom. The number of pyridine rings is 1. The number of benzene rings is 4. The van der Waals surface area contributed by atoms with Gasteiger partial charge in [-0.25, -0.2) is 4.98 Å². The summed E-state index contributed by atoms with van der Waals surface area (Å²) in [5.41, 5.74) is 11.1. The van der Waals surface area contributed by atoms with Crippen LogP contribution < -0.4 is 4.90 Å². The SMILES string of the molecule is CC1(C)c2ccccc2-c2ccc(-c3ccc4c(c3)C3(C)CCCCC3(C)N4c3nccc4ccccc34)cc21. The van der Waals surface area contributed by atoms with Crippen LogP contribution in [0.5, 0.6) is 0 Å². The molecule has 198 valence electrons. The maximum Gasteiger partial charge on any atom is 0.141 e. The van der Waals surface area contributed by atoms with Gasteiger partial charge >= 0.3 is 0 Å². The fourth-order valence-electron chi connectivity index (χ4n) is 8.41. The van der Waals surface area contributed by atoms with Crippen LogP contribution >= 0.6 is 0 Å². The molecular weight excluding hydrogens is 484 g/mol. The lowest BCUT2D eigenvalue weighted by atomic mass is 9.61. The summed E-state index contributed by atoms with van der Waals surface area (Å²) in [5, 5.41) is 2.48. The maximum atomic E-state index is 5.04. The lowest BCUT2D eigenvalue weighted by Crippen LogP contribution is -2.54. The Morgan fingerprint density at radius 1 is 0.650 bits per heavy atom. The van der Waals surface area contributed by atoms with Crippen LogP contribution in [0.3, 0.4) is 0 Å². The van der Waals surface area contributed by atoms with Crippen molar-refractivity contribution in [2.45, 2.75) is 69.7 Å². The molecule has 40 heavy (non-hydrogen) atoms. The van der Waals surface area contributed by atoms with Crippen molar-refractivity contribution in [2.24, 2.45) is 0 Å². The van der Waals surface area contributed by atoms with E-state index < -0.39 is 0 Å². The van der Waals surface area contributed by atoms with E-state index in [0.29, 0.717) is 0 Å². The van der Waals surface area contributed by atoms with E-state index in [1.165, 1.54) is 81.1 Å². The second-order valence-electron chi connectivity index (χ2n) is 13.2. The summed E-state index contributed by atoms with van der Waals surface area (Å²) in [6, 6.07) is 34.1. The summed E-state index contributed by atoms with van der Waals surface area (Å²) in [5.74, 6) is 1.09. The Hall–Kier alpha value is -3.91. The highest BCUT2D eigenvalue weighted by Gasteiger charge is 2.58. The first-order valence-corrected chi connectivity index (χ1v) is 14.9. The third-order valence-corrected chi connectivity index (χ3v) is 10.9. The Morgan fingerprint density at radius 3 is 2.23 bits per heavy atom. The van der Waals surface area contributed by atoms with Gasteiger partial charge in [-0.1, -0.05) is 100 Å². The molecule has 0 N–H and O–H groups in total. The van der Waals surface area contributed by atoms with E-state index in [2.05, 4.69) is 124 Å². The van der Waals surface area contributed by atoms with Crippen LogP contribution in [-0.4, -0.2) is 10.5 Å². The van der Waals surface area contributed by atoms with Gasteiger partial charge in [0.15, 0.2) is 0 Å². The Labute approximate surface area is 237 Å². The molecule has 2 unspecified atom stereocenters. The standard InChI is InChI=1S/C38H36N2/c1-36(2)31-14-8-7-13-29(31)30-17-15-26(23-32(30)36)27-16-18-34-33(24-27)37(3)20-9-10-21-38(37,4)40(34)35-28-12-6-5-11-25(28)19-22-39-35/h5-8,11-19,22-24H,9-10,20-21H2,1-4H3. The number of rotatable bonds is 2. The molecule has 1 aliphatic heterocycles. The highest BCUT2D eigenvalue weighted by molar-refractivity contribution is 5.96. The van der Waals surface area contributed by atoms with Gasteiger partial charge < -0.3 is 4.90 Å². The number of nitrogens with zero attached hydrogens (tertiary/aromatic N) is 2. The summed E-state index contributed by atoms with van der Waals surface area (Å²) >= 11 is 0. The van der Waals surface area contributed by atoms with Crippen molar-refractivity contribution in [3.8, 4) is 22.3 Å². The van der Waals surface area contributed by atoms with E-state index in [-0.39, 0.29) is 16.4 Å². The Kier molecular flexibility index (Phi) is 4.83. The van der Waals surface area contributed by atoms with Gasteiger partial charge in [0.25, 0.3) is 0 Å². The van der Waals surface area contributed by atoms with Crippen molar-refractivity contribution in [1.29, 1.82) is 0 Å². The lowest BCUT2D eigenvalue weighted by molar-refractivity contribution is 0.194. The number of hydrogen-bond acceptors (Lipinski definition) is 2. The van der Waals surface area contributed by atoms with Crippen LogP contribution in [-0.2, 0) is 10.8 Å². The summed E-state index contributed by atoms with van der Waals surface area (Å²) < 4.78 is 0. The smallest absolute Gasteiger partial charge is 0.141 e. The van der Waals surface area contributed by atoms with Crippen molar-refractivity contribution >= 4 is 22.3 Å². The molecule has 1 fully saturated rings. The molecule has 0 bridgehead atoms. The van der Waals surface area contributed by atoms with Gasteiger partial charge in [0.2, 0.25) is 0 Å². The number of fused-ring (bicyclic) bond motifs is 7. The normalized spacial score (nSPS) is 23.9. The van der Waals surface area contributed by atoms with E-state index >= 15 is 0 Å². The molecule has 2 heteroatoms. The summed E-state index contributed by atoms with van der Waals surface area (Å²) in [6.45, 7) is 9.74. The molecule has 2 aliphatic carbocycles. The van der Waals surface area contributed by atoms with Crippen molar-refractivity contribution in [3.63, 3.8) is 0 Å². The second-order valence-corrected chi connectivity index (χ2v) is 13.2. The first kappa shape index (κ1) is 23.9. The Balaban J connectivity index is 1.31. The molecule has 2 nitrogen and oxygen atoms in total. The molecule has 2 atom stereocenters. The minimum Gasteiger partial charge on any atom is -0.319 e. The van der Waals surface area contributed by atoms with E-state index in [1.807, 2.05) is 6.20 Å². The van der Waals surface area contributed by atoms with Gasteiger partial charge in [0.05, 0.1) is 5.54 Å². The first-order valence-electron chi connectivity index (χ1n) is 14.9. The predicted octanol–water partition coefficient (Wildman–Crippen LogP) is 9.95. The van der Waals surface area contributed by atoms with Crippen LogP contribution in [0.4, 0.5) is 11.5 Å². The number of anilines is 2. The van der Waals surface area contributed by atoms with Crippen LogP contribution in [0.2, 0.25) is 0 Å². The van der Waals surface area contributed by atoms with Crippen molar-refractivity contribution < 1.29 is 0 Å². The number of aromatic nitrogens is 1. The molecule has 1 aromatic heterocycles. The minimum absolute atomic E-state index is 0.00339. The monoisotopic (exact) mass is 520 g/mol. The summed E-state index contributed by atoms with van der Waals surface area (Å²) in [7, 11) is 0. The molecular formula is C38H36N2. The zero-order valence-corrected chi connectivity index (χ0v) is 24.0. The average molecular weight is 521 g/mol. The third kappa shape index (κ3) is 2.97. The highest BCUT2D eigenvalue weighted by Crippen LogP contribution is 2.61. The zero-order valence-electron chi connectivity index (χ0n) is 24.0. The average Bonchev–Trinajstić information content (AvgIpc) is 3.33. The van der Waals surface area contributed by atoms with Crippen molar-refractivity contribution in [2.75, 3.05) is 4.90 Å². The van der Waals surface area contributed by atoms with Crippen LogP contribution in [0.15, 0.2) is 97.2 Å². The minimum atomic E-state index is -0.0229. The van der Waals surface area contributed by atoms with E-state index in [1.54, 1.807) is 0 Å². The summed E-state index contributed by atoms with van der Waals surface area (Å²) in [6.07, 6.45) is 6.89. The number of hydrogen-bond donors (Lipinski definition) is 0. The fraction of sp³-hybridized carbons (Fsp3) is 0.289. The van der Waals surface area contributed by atoms with Crippen molar-refractivity contribution in [1.82, 2.24) is 4.98 Å². The van der Waals surface area contributed by atoms with Gasteiger partial charge in [0, 0.05) is 28.1 Å². The quantitative estimate of drug-likeness (QED) is 0.230. The molecule has 0 radical (unpaired) electrons.